The van der Waals surface area contributed by atoms with Gasteiger partial charge >= 0.3 is 0 Å². The van der Waals surface area contributed by atoms with Crippen LogP contribution in [-0.2, 0) is 4.79 Å². The highest BCUT2D eigenvalue weighted by atomic mass is 19.1. The molecule has 2 amide bonds. The van der Waals surface area contributed by atoms with Gasteiger partial charge < -0.3 is 9.80 Å². The fraction of sp³-hybridized carbons (Fsp3) is 0.222. The first-order valence-electron chi connectivity index (χ1n) is 7.63. The maximum absolute atomic E-state index is 14.1. The molecule has 3 rings (SSSR count). The lowest BCUT2D eigenvalue weighted by Crippen LogP contribution is -2.32. The minimum atomic E-state index is -0.985. The van der Waals surface area contributed by atoms with Gasteiger partial charge in [-0.25, -0.2) is 13.2 Å². The molecule has 7 heteroatoms. The first-order chi connectivity index (χ1) is 11.8. The summed E-state index contributed by atoms with van der Waals surface area (Å²) in [5, 5.41) is 0. The molecule has 4 nitrogen and oxygen atoms in total. The van der Waals surface area contributed by atoms with E-state index in [4.69, 9.17) is 0 Å². The molecule has 0 saturated carbocycles. The van der Waals surface area contributed by atoms with Crippen molar-refractivity contribution in [3.63, 3.8) is 0 Å². The fourth-order valence-corrected chi connectivity index (χ4v) is 2.80. The molecular weight excluding hydrogens is 333 g/mol. The number of hydrogen-bond acceptors (Lipinski definition) is 2. The molecule has 0 N–H and O–H groups in total. The van der Waals surface area contributed by atoms with Gasteiger partial charge in [0.2, 0.25) is 5.91 Å². The maximum Gasteiger partial charge on any atom is 0.261 e. The summed E-state index contributed by atoms with van der Waals surface area (Å²) in [6.07, 6.45) is 0.000332. The number of halogens is 3. The Morgan fingerprint density at radius 2 is 1.76 bits per heavy atom. The maximum atomic E-state index is 14.1. The van der Waals surface area contributed by atoms with Crippen molar-refractivity contribution in [3.05, 3.63) is 58.9 Å². The number of fused-ring (bicyclic) bond motifs is 1. The monoisotopic (exact) mass is 348 g/mol. The molecule has 130 valence electrons. The van der Waals surface area contributed by atoms with E-state index in [1.807, 2.05) is 0 Å². The molecule has 0 aliphatic carbocycles. The zero-order valence-electron chi connectivity index (χ0n) is 13.6. The SMILES string of the molecule is Cc1cc(C(=O)N2CCC(=O)N(C)c3cc(F)ccc32)c(F)cc1F. The number of anilines is 2. The second-order valence-electron chi connectivity index (χ2n) is 5.87. The molecule has 0 aromatic heterocycles. The highest BCUT2D eigenvalue weighted by molar-refractivity contribution is 6.11. The zero-order chi connectivity index (χ0) is 18.3. The van der Waals surface area contributed by atoms with E-state index < -0.39 is 23.4 Å². The molecule has 0 bridgehead atoms. The van der Waals surface area contributed by atoms with Gasteiger partial charge in [0.25, 0.3) is 5.91 Å². The summed E-state index contributed by atoms with van der Waals surface area (Å²) in [5.41, 5.74) is 0.342. The van der Waals surface area contributed by atoms with Gasteiger partial charge in [0.05, 0.1) is 16.9 Å². The molecule has 0 radical (unpaired) electrons. The van der Waals surface area contributed by atoms with Crippen molar-refractivity contribution in [2.75, 3.05) is 23.4 Å². The smallest absolute Gasteiger partial charge is 0.261 e. The van der Waals surface area contributed by atoms with E-state index in [-0.39, 0.29) is 35.7 Å². The summed E-state index contributed by atoms with van der Waals surface area (Å²) in [6, 6.07) is 5.46. The summed E-state index contributed by atoms with van der Waals surface area (Å²) in [5.74, 6) is -3.30. The number of carbonyl (C=O) groups is 2. The molecule has 1 aliphatic heterocycles. The van der Waals surface area contributed by atoms with Crippen LogP contribution in [-0.4, -0.2) is 25.4 Å². The Kier molecular flexibility index (Phi) is 4.24. The van der Waals surface area contributed by atoms with E-state index in [0.29, 0.717) is 11.8 Å². The van der Waals surface area contributed by atoms with Crippen LogP contribution < -0.4 is 9.80 Å². The first kappa shape index (κ1) is 17.0. The van der Waals surface area contributed by atoms with Crippen LogP contribution in [0, 0.1) is 24.4 Å². The molecule has 1 heterocycles. The molecule has 1 aliphatic rings. The second kappa shape index (κ2) is 6.23. The van der Waals surface area contributed by atoms with E-state index in [1.54, 1.807) is 0 Å². The molecule has 2 aromatic rings. The number of amides is 2. The third kappa shape index (κ3) is 2.97. The van der Waals surface area contributed by atoms with Crippen LogP contribution in [0.1, 0.15) is 22.3 Å². The van der Waals surface area contributed by atoms with Crippen molar-refractivity contribution in [2.24, 2.45) is 0 Å². The lowest BCUT2D eigenvalue weighted by Gasteiger charge is -2.24. The van der Waals surface area contributed by atoms with E-state index in [9.17, 15) is 22.8 Å². The van der Waals surface area contributed by atoms with E-state index in [2.05, 4.69) is 0 Å². The Balaban J connectivity index is 2.11. The molecule has 25 heavy (non-hydrogen) atoms. The van der Waals surface area contributed by atoms with Crippen molar-refractivity contribution in [2.45, 2.75) is 13.3 Å². The topological polar surface area (TPSA) is 40.6 Å². The van der Waals surface area contributed by atoms with Gasteiger partial charge in [0.15, 0.2) is 0 Å². The van der Waals surface area contributed by atoms with E-state index in [1.165, 1.54) is 29.8 Å². The second-order valence-corrected chi connectivity index (χ2v) is 5.87. The average molecular weight is 348 g/mol. The molecular formula is C18H15F3N2O2. The molecule has 2 aromatic carbocycles. The van der Waals surface area contributed by atoms with Crippen molar-refractivity contribution < 1.29 is 22.8 Å². The predicted molar refractivity (Wildman–Crippen MR) is 87.2 cm³/mol. The van der Waals surface area contributed by atoms with Crippen LogP contribution in [0.15, 0.2) is 30.3 Å². The Hall–Kier alpha value is -2.83. The standard InChI is InChI=1S/C18H15F3N2O2/c1-10-7-12(14(21)9-13(10)20)18(25)23-6-5-17(24)22(2)16-8-11(19)3-4-15(16)23/h3-4,7-9H,5-6H2,1-2H3. The Morgan fingerprint density at radius 3 is 2.48 bits per heavy atom. The number of aryl methyl sites for hydroxylation is 1. The predicted octanol–water partition coefficient (Wildman–Crippen LogP) is 3.43. The Morgan fingerprint density at radius 1 is 1.04 bits per heavy atom. The third-order valence-corrected chi connectivity index (χ3v) is 4.24. The summed E-state index contributed by atoms with van der Waals surface area (Å²) >= 11 is 0. The van der Waals surface area contributed by atoms with Crippen LogP contribution in [0.2, 0.25) is 0 Å². The lowest BCUT2D eigenvalue weighted by molar-refractivity contribution is -0.118. The molecule has 0 unspecified atom stereocenters. The van der Waals surface area contributed by atoms with Crippen molar-refractivity contribution in [1.29, 1.82) is 0 Å². The van der Waals surface area contributed by atoms with Crippen LogP contribution in [0.3, 0.4) is 0 Å². The van der Waals surface area contributed by atoms with Gasteiger partial charge in [-0.05, 0) is 36.8 Å². The first-order valence-corrected chi connectivity index (χ1v) is 7.63. The number of hydrogen-bond donors (Lipinski definition) is 0. The highest BCUT2D eigenvalue weighted by Crippen LogP contribution is 2.34. The molecule has 0 saturated heterocycles. The quantitative estimate of drug-likeness (QED) is 0.792. The van der Waals surface area contributed by atoms with Gasteiger partial charge in [-0.3, -0.25) is 9.59 Å². The van der Waals surface area contributed by atoms with Gasteiger partial charge in [0, 0.05) is 26.1 Å². The Bertz CT molecular complexity index is 883. The molecule has 0 atom stereocenters. The van der Waals surface area contributed by atoms with Crippen molar-refractivity contribution >= 4 is 23.2 Å². The van der Waals surface area contributed by atoms with Crippen LogP contribution >= 0.6 is 0 Å². The average Bonchev–Trinajstić information content (AvgIpc) is 2.68. The Labute approximate surface area is 142 Å². The normalized spacial score (nSPS) is 14.4. The van der Waals surface area contributed by atoms with E-state index >= 15 is 0 Å². The van der Waals surface area contributed by atoms with Gasteiger partial charge in [-0.1, -0.05) is 0 Å². The fourth-order valence-electron chi connectivity index (χ4n) is 2.80. The number of carbonyl (C=O) groups excluding carboxylic acids is 2. The van der Waals surface area contributed by atoms with Gasteiger partial charge in [-0.15, -0.1) is 0 Å². The lowest BCUT2D eigenvalue weighted by atomic mass is 10.1. The van der Waals surface area contributed by atoms with E-state index in [0.717, 1.165) is 18.2 Å². The van der Waals surface area contributed by atoms with Gasteiger partial charge in [0.1, 0.15) is 17.5 Å². The molecule has 0 fully saturated rings. The van der Waals surface area contributed by atoms with Crippen LogP contribution in [0.25, 0.3) is 0 Å². The number of rotatable bonds is 1. The summed E-state index contributed by atoms with van der Waals surface area (Å²) in [4.78, 5) is 27.4. The van der Waals surface area contributed by atoms with Crippen molar-refractivity contribution in [3.8, 4) is 0 Å². The largest absolute Gasteiger partial charge is 0.313 e. The summed E-state index contributed by atoms with van der Waals surface area (Å²) in [6.45, 7) is 1.44. The number of nitrogens with zero attached hydrogens (tertiary/aromatic N) is 2. The zero-order valence-corrected chi connectivity index (χ0v) is 13.6. The minimum Gasteiger partial charge on any atom is -0.313 e. The third-order valence-electron chi connectivity index (χ3n) is 4.24. The van der Waals surface area contributed by atoms with Gasteiger partial charge in [-0.2, -0.15) is 0 Å². The number of benzene rings is 2. The minimum absolute atomic E-state index is 0.000332. The van der Waals surface area contributed by atoms with Crippen LogP contribution in [0.4, 0.5) is 24.5 Å². The van der Waals surface area contributed by atoms with Crippen molar-refractivity contribution in [1.82, 2.24) is 0 Å². The van der Waals surface area contributed by atoms with Crippen LogP contribution in [0.5, 0.6) is 0 Å². The summed E-state index contributed by atoms with van der Waals surface area (Å²) in [7, 11) is 1.48. The molecule has 0 spiro atoms. The summed E-state index contributed by atoms with van der Waals surface area (Å²) < 4.78 is 41.2. The highest BCUT2D eigenvalue weighted by Gasteiger charge is 2.30.